The van der Waals surface area contributed by atoms with E-state index in [-0.39, 0.29) is 5.16 Å². The minimum absolute atomic E-state index is 0.0732. The van der Waals surface area contributed by atoms with Crippen molar-refractivity contribution in [1.82, 2.24) is 14.9 Å². The van der Waals surface area contributed by atoms with Gasteiger partial charge in [-0.25, -0.2) is 18.4 Å². The van der Waals surface area contributed by atoms with Crippen molar-refractivity contribution in [2.75, 3.05) is 12.8 Å². The van der Waals surface area contributed by atoms with Crippen LogP contribution in [0.15, 0.2) is 17.4 Å². The number of aryl methyl sites for hydroxylation is 2. The van der Waals surface area contributed by atoms with Gasteiger partial charge in [-0.1, -0.05) is 0 Å². The van der Waals surface area contributed by atoms with E-state index < -0.39 is 9.84 Å². The molecule has 7 heteroatoms. The lowest BCUT2D eigenvalue weighted by Gasteiger charge is -2.27. The second-order valence-corrected chi connectivity index (χ2v) is 9.06. The number of rotatable bonds is 3. The predicted octanol–water partition coefficient (Wildman–Crippen LogP) is 2.12. The van der Waals surface area contributed by atoms with Crippen molar-refractivity contribution >= 4 is 21.2 Å². The van der Waals surface area contributed by atoms with Crippen LogP contribution in [0, 0.1) is 13.8 Å². The van der Waals surface area contributed by atoms with Gasteiger partial charge in [0.25, 0.3) is 0 Å². The molecule has 0 aliphatic carbocycles. The quantitative estimate of drug-likeness (QED) is 0.803. The van der Waals surface area contributed by atoms with Crippen LogP contribution < -0.4 is 0 Å². The fraction of sp³-hybridized carbons (Fsp3) is 0.467. The molecular formula is C15H19N3O2S2. The summed E-state index contributed by atoms with van der Waals surface area (Å²) >= 11 is 1.83. The summed E-state index contributed by atoms with van der Waals surface area (Å²) in [6.45, 7) is 6.78. The second-order valence-electron chi connectivity index (χ2n) is 5.81. The lowest BCUT2D eigenvalue weighted by molar-refractivity contribution is 0.242. The van der Waals surface area contributed by atoms with E-state index in [9.17, 15) is 8.42 Å². The monoisotopic (exact) mass is 337 g/mol. The number of hydrogen-bond donors (Lipinski definition) is 0. The number of thiophene rings is 1. The van der Waals surface area contributed by atoms with Crippen molar-refractivity contribution in [3.05, 3.63) is 38.8 Å². The maximum Gasteiger partial charge on any atom is 0.247 e. The summed E-state index contributed by atoms with van der Waals surface area (Å²) in [5, 5.41) is -0.0732. The molecule has 22 heavy (non-hydrogen) atoms. The molecule has 0 saturated heterocycles. The van der Waals surface area contributed by atoms with E-state index in [1.807, 2.05) is 11.3 Å². The Hall–Kier alpha value is -1.31. The molecule has 0 bridgehead atoms. The van der Waals surface area contributed by atoms with Gasteiger partial charge in [0.05, 0.1) is 5.69 Å². The van der Waals surface area contributed by atoms with Crippen LogP contribution in [0.4, 0.5) is 0 Å². The molecule has 0 fully saturated rings. The molecule has 2 aromatic heterocycles. The van der Waals surface area contributed by atoms with Crippen molar-refractivity contribution < 1.29 is 8.42 Å². The molecule has 0 unspecified atom stereocenters. The highest BCUT2D eigenvalue weighted by Crippen LogP contribution is 2.25. The maximum absolute atomic E-state index is 11.6. The number of fused-ring (bicyclic) bond motifs is 1. The van der Waals surface area contributed by atoms with Crippen molar-refractivity contribution in [1.29, 1.82) is 0 Å². The van der Waals surface area contributed by atoms with Crippen molar-refractivity contribution in [2.24, 2.45) is 0 Å². The summed E-state index contributed by atoms with van der Waals surface area (Å²) in [7, 11) is -3.35. The van der Waals surface area contributed by atoms with Crippen LogP contribution >= 0.6 is 11.3 Å². The second kappa shape index (κ2) is 5.72. The van der Waals surface area contributed by atoms with Crippen molar-refractivity contribution in [3.63, 3.8) is 0 Å². The lowest BCUT2D eigenvalue weighted by atomic mass is 10.1. The molecule has 3 rings (SSSR count). The molecule has 5 nitrogen and oxygen atoms in total. The van der Waals surface area contributed by atoms with Gasteiger partial charge in [0.15, 0.2) is 0 Å². The number of aromatic nitrogens is 2. The first-order valence-electron chi connectivity index (χ1n) is 7.16. The molecule has 0 saturated carbocycles. The fourth-order valence-corrected chi connectivity index (χ4v) is 4.22. The minimum Gasteiger partial charge on any atom is -0.292 e. The summed E-state index contributed by atoms with van der Waals surface area (Å²) in [5.74, 6) is 0. The normalized spacial score (nSPS) is 15.8. The first-order chi connectivity index (χ1) is 10.3. The maximum atomic E-state index is 11.6. The summed E-state index contributed by atoms with van der Waals surface area (Å²) < 4.78 is 23.2. The highest BCUT2D eigenvalue weighted by Gasteiger charge is 2.21. The third-order valence-electron chi connectivity index (χ3n) is 3.93. The van der Waals surface area contributed by atoms with Gasteiger partial charge >= 0.3 is 0 Å². The predicted molar refractivity (Wildman–Crippen MR) is 86.8 cm³/mol. The molecule has 1 aliphatic heterocycles. The summed E-state index contributed by atoms with van der Waals surface area (Å²) in [6.07, 6.45) is 3.67. The van der Waals surface area contributed by atoms with Crippen LogP contribution in [0.3, 0.4) is 0 Å². The third kappa shape index (κ3) is 3.21. The zero-order valence-corrected chi connectivity index (χ0v) is 14.6. The Kier molecular flexibility index (Phi) is 4.05. The van der Waals surface area contributed by atoms with E-state index in [1.165, 1.54) is 15.3 Å². The molecular weight excluding hydrogens is 318 g/mol. The SMILES string of the molecule is Cc1cc(CN2CCc3cnc(S(C)(=O)=O)nc3C2)sc1C. The van der Waals surface area contributed by atoms with E-state index in [2.05, 4.69) is 34.8 Å². The average Bonchev–Trinajstić information content (AvgIpc) is 2.75. The molecule has 0 spiro atoms. The van der Waals surface area contributed by atoms with Gasteiger partial charge in [0, 0.05) is 41.8 Å². The molecule has 0 N–H and O–H groups in total. The highest BCUT2D eigenvalue weighted by atomic mass is 32.2. The summed E-state index contributed by atoms with van der Waals surface area (Å²) in [4.78, 5) is 13.2. The molecule has 0 radical (unpaired) electrons. The minimum atomic E-state index is -3.35. The number of nitrogens with zero attached hydrogens (tertiary/aromatic N) is 3. The lowest BCUT2D eigenvalue weighted by Crippen LogP contribution is -2.31. The van der Waals surface area contributed by atoms with E-state index >= 15 is 0 Å². The van der Waals surface area contributed by atoms with E-state index in [1.54, 1.807) is 6.20 Å². The first kappa shape index (κ1) is 15.6. The van der Waals surface area contributed by atoms with Crippen LogP contribution in [-0.2, 0) is 29.3 Å². The highest BCUT2D eigenvalue weighted by molar-refractivity contribution is 7.90. The zero-order valence-electron chi connectivity index (χ0n) is 13.0. The molecule has 118 valence electrons. The van der Waals surface area contributed by atoms with Gasteiger partial charge in [-0.15, -0.1) is 11.3 Å². The topological polar surface area (TPSA) is 63.2 Å². The Morgan fingerprint density at radius 1 is 1.36 bits per heavy atom. The molecule has 0 atom stereocenters. The van der Waals surface area contributed by atoms with Gasteiger partial charge in [-0.2, -0.15) is 0 Å². The molecule has 2 aromatic rings. The van der Waals surface area contributed by atoms with Crippen LogP contribution in [-0.4, -0.2) is 36.1 Å². The Bertz CT molecular complexity index is 793. The first-order valence-corrected chi connectivity index (χ1v) is 9.87. The van der Waals surface area contributed by atoms with Crippen LogP contribution in [0.5, 0.6) is 0 Å². The molecule has 1 aliphatic rings. The molecule has 3 heterocycles. The average molecular weight is 337 g/mol. The summed E-state index contributed by atoms with van der Waals surface area (Å²) in [5.41, 5.74) is 3.23. The van der Waals surface area contributed by atoms with Gasteiger partial charge in [-0.05, 0) is 37.5 Å². The molecule has 0 amide bonds. The van der Waals surface area contributed by atoms with Gasteiger partial charge in [0.2, 0.25) is 15.0 Å². The van der Waals surface area contributed by atoms with Gasteiger partial charge < -0.3 is 0 Å². The van der Waals surface area contributed by atoms with E-state index in [4.69, 9.17) is 0 Å². The fourth-order valence-electron chi connectivity index (χ4n) is 2.60. The van der Waals surface area contributed by atoms with Crippen molar-refractivity contribution in [3.8, 4) is 0 Å². The van der Waals surface area contributed by atoms with Crippen LogP contribution in [0.2, 0.25) is 0 Å². The Balaban J connectivity index is 1.80. The van der Waals surface area contributed by atoms with Gasteiger partial charge in [0.1, 0.15) is 0 Å². The number of hydrogen-bond acceptors (Lipinski definition) is 6. The van der Waals surface area contributed by atoms with Gasteiger partial charge in [-0.3, -0.25) is 4.90 Å². The summed E-state index contributed by atoms with van der Waals surface area (Å²) in [6, 6.07) is 2.23. The zero-order chi connectivity index (χ0) is 15.9. The largest absolute Gasteiger partial charge is 0.292 e. The third-order valence-corrected chi connectivity index (χ3v) is 5.93. The molecule has 0 aromatic carbocycles. The Labute approximate surface area is 135 Å². The number of sulfone groups is 1. The Morgan fingerprint density at radius 3 is 2.77 bits per heavy atom. The van der Waals surface area contributed by atoms with Crippen LogP contribution in [0.1, 0.15) is 26.6 Å². The van der Waals surface area contributed by atoms with E-state index in [0.717, 1.165) is 37.0 Å². The smallest absolute Gasteiger partial charge is 0.247 e. The van der Waals surface area contributed by atoms with Crippen molar-refractivity contribution in [2.45, 2.75) is 38.5 Å². The van der Waals surface area contributed by atoms with Crippen LogP contribution in [0.25, 0.3) is 0 Å². The Morgan fingerprint density at radius 2 is 2.14 bits per heavy atom. The standard InChI is InChI=1S/C15H19N3O2S2/c1-10-6-13(21-11(10)2)8-18-5-4-12-7-16-15(22(3,19)20)17-14(12)9-18/h6-7H,4-5,8-9H2,1-3H3. The van der Waals surface area contributed by atoms with E-state index in [0.29, 0.717) is 6.54 Å².